The Morgan fingerprint density at radius 1 is 1.26 bits per heavy atom. The highest BCUT2D eigenvalue weighted by molar-refractivity contribution is 5.99. The molecule has 0 fully saturated rings. The van der Waals surface area contributed by atoms with Crippen LogP contribution in [-0.2, 0) is 0 Å². The maximum atomic E-state index is 12.0. The van der Waals surface area contributed by atoms with Crippen molar-refractivity contribution < 1.29 is 14.3 Å². The number of hydrogen-bond donors (Lipinski definition) is 0. The Morgan fingerprint density at radius 2 is 2.11 bits per heavy atom. The molecule has 0 N–H and O–H groups in total. The lowest BCUT2D eigenvalue weighted by molar-refractivity contribution is -0.00489. The molecule has 2 heterocycles. The van der Waals surface area contributed by atoms with Crippen LogP contribution in [0.1, 0.15) is 22.5 Å². The van der Waals surface area contributed by atoms with Gasteiger partial charge in [0.15, 0.2) is 5.78 Å². The van der Waals surface area contributed by atoms with Crippen LogP contribution in [0.5, 0.6) is 11.5 Å². The zero-order chi connectivity index (χ0) is 13.2. The molecule has 0 saturated carbocycles. The molecule has 0 spiro atoms. The predicted molar refractivity (Wildman–Crippen MR) is 69.4 cm³/mol. The monoisotopic (exact) mass is 255 g/mol. The Labute approximate surface area is 111 Å². The maximum absolute atomic E-state index is 12.0. The van der Waals surface area contributed by atoms with Crippen LogP contribution < -0.4 is 9.47 Å². The Morgan fingerprint density at radius 3 is 2.89 bits per heavy atom. The van der Waals surface area contributed by atoms with Crippen LogP contribution in [0.4, 0.5) is 0 Å². The van der Waals surface area contributed by atoms with Crippen molar-refractivity contribution >= 4 is 5.78 Å². The van der Waals surface area contributed by atoms with E-state index in [-0.39, 0.29) is 12.2 Å². The molecule has 4 nitrogen and oxygen atoms in total. The van der Waals surface area contributed by atoms with E-state index in [1.54, 1.807) is 18.3 Å². The fourth-order valence-corrected chi connectivity index (χ4v) is 1.99. The molecule has 19 heavy (non-hydrogen) atoms. The van der Waals surface area contributed by atoms with Crippen LogP contribution in [0.25, 0.3) is 0 Å². The first-order valence-corrected chi connectivity index (χ1v) is 6.10. The Bertz CT molecular complexity index is 607. The number of nitrogens with zero attached hydrogens (tertiary/aromatic N) is 1. The van der Waals surface area contributed by atoms with Gasteiger partial charge in [-0.05, 0) is 31.2 Å². The molecule has 1 unspecified atom stereocenters. The van der Waals surface area contributed by atoms with Crippen molar-refractivity contribution in [1.29, 1.82) is 0 Å². The van der Waals surface area contributed by atoms with Crippen molar-refractivity contribution in [2.24, 2.45) is 0 Å². The summed E-state index contributed by atoms with van der Waals surface area (Å²) >= 11 is 0. The number of ketones is 1. The highest BCUT2D eigenvalue weighted by atomic mass is 16.7. The first-order valence-electron chi connectivity index (χ1n) is 6.10. The average molecular weight is 255 g/mol. The number of rotatable bonds is 2. The van der Waals surface area contributed by atoms with Gasteiger partial charge in [-0.2, -0.15) is 0 Å². The van der Waals surface area contributed by atoms with Crippen molar-refractivity contribution in [2.45, 2.75) is 19.6 Å². The minimum atomic E-state index is -0.591. The third-order valence-electron chi connectivity index (χ3n) is 2.95. The molecule has 2 aromatic rings. The maximum Gasteiger partial charge on any atom is 0.248 e. The van der Waals surface area contributed by atoms with Gasteiger partial charge in [0.2, 0.25) is 6.29 Å². The molecule has 0 saturated heterocycles. The van der Waals surface area contributed by atoms with Crippen LogP contribution in [0, 0.1) is 6.92 Å². The molecule has 1 aliphatic heterocycles. The van der Waals surface area contributed by atoms with Crippen LogP contribution in [-0.4, -0.2) is 17.1 Å². The molecule has 0 amide bonds. The number of benzene rings is 1. The summed E-state index contributed by atoms with van der Waals surface area (Å²) in [6.45, 7) is 1.90. The first-order chi connectivity index (χ1) is 9.22. The van der Waals surface area contributed by atoms with Gasteiger partial charge in [0.1, 0.15) is 11.5 Å². The van der Waals surface area contributed by atoms with Gasteiger partial charge >= 0.3 is 0 Å². The quantitative estimate of drug-likeness (QED) is 0.827. The van der Waals surface area contributed by atoms with E-state index in [9.17, 15) is 4.79 Å². The minimum Gasteiger partial charge on any atom is -0.454 e. The van der Waals surface area contributed by atoms with E-state index in [0.29, 0.717) is 17.1 Å². The summed E-state index contributed by atoms with van der Waals surface area (Å²) < 4.78 is 11.3. The standard InChI is InChI=1S/C15H13NO3/c1-10-6-7-11(9-16-10)18-15-8-13(17)12-4-2-3-5-14(12)19-15/h2-7,9,15H,8H2,1H3. The van der Waals surface area contributed by atoms with Gasteiger partial charge in [-0.3, -0.25) is 9.78 Å². The summed E-state index contributed by atoms with van der Waals surface area (Å²) in [7, 11) is 0. The van der Waals surface area contributed by atoms with Gasteiger partial charge in [0, 0.05) is 5.69 Å². The zero-order valence-corrected chi connectivity index (χ0v) is 10.5. The molecule has 1 aromatic heterocycles. The topological polar surface area (TPSA) is 48.4 Å². The number of fused-ring (bicyclic) bond motifs is 1. The fourth-order valence-electron chi connectivity index (χ4n) is 1.99. The molecule has 1 atom stereocenters. The molecular weight excluding hydrogens is 242 g/mol. The molecule has 0 bridgehead atoms. The number of Topliss-reactive ketones (excluding diaryl/α,β-unsaturated/α-hetero) is 1. The zero-order valence-electron chi connectivity index (χ0n) is 10.5. The fraction of sp³-hybridized carbons (Fsp3) is 0.200. The Balaban J connectivity index is 1.78. The second-order valence-electron chi connectivity index (χ2n) is 4.42. The number of aromatic nitrogens is 1. The number of hydrogen-bond acceptors (Lipinski definition) is 4. The van der Waals surface area contributed by atoms with E-state index in [1.807, 2.05) is 31.2 Å². The summed E-state index contributed by atoms with van der Waals surface area (Å²) in [6, 6.07) is 10.9. The third-order valence-corrected chi connectivity index (χ3v) is 2.95. The molecule has 0 aliphatic carbocycles. The van der Waals surface area contributed by atoms with Crippen LogP contribution in [0.15, 0.2) is 42.6 Å². The van der Waals surface area contributed by atoms with Gasteiger partial charge in [-0.25, -0.2) is 0 Å². The summed E-state index contributed by atoms with van der Waals surface area (Å²) in [6.07, 6.45) is 1.25. The smallest absolute Gasteiger partial charge is 0.248 e. The van der Waals surface area contributed by atoms with Crippen molar-refractivity contribution in [3.8, 4) is 11.5 Å². The van der Waals surface area contributed by atoms with Crippen LogP contribution in [0.2, 0.25) is 0 Å². The van der Waals surface area contributed by atoms with Gasteiger partial charge in [-0.15, -0.1) is 0 Å². The number of aryl methyl sites for hydroxylation is 1. The normalized spacial score (nSPS) is 17.5. The molecule has 96 valence electrons. The minimum absolute atomic E-state index is 0.0342. The molecule has 4 heteroatoms. The predicted octanol–water partition coefficient (Wildman–Crippen LogP) is 2.76. The van der Waals surface area contributed by atoms with Gasteiger partial charge in [0.25, 0.3) is 0 Å². The van der Waals surface area contributed by atoms with Crippen molar-refractivity contribution in [3.05, 3.63) is 53.9 Å². The van der Waals surface area contributed by atoms with E-state index in [0.717, 1.165) is 5.69 Å². The van der Waals surface area contributed by atoms with Gasteiger partial charge < -0.3 is 9.47 Å². The van der Waals surface area contributed by atoms with E-state index in [4.69, 9.17) is 9.47 Å². The lowest BCUT2D eigenvalue weighted by Gasteiger charge is -2.25. The van der Waals surface area contributed by atoms with Gasteiger partial charge in [-0.1, -0.05) is 12.1 Å². The molecule has 3 rings (SSSR count). The summed E-state index contributed by atoms with van der Waals surface area (Å²) in [5.74, 6) is 1.21. The largest absolute Gasteiger partial charge is 0.454 e. The lowest BCUT2D eigenvalue weighted by Crippen LogP contribution is -2.31. The number of pyridine rings is 1. The molecular formula is C15H13NO3. The molecule has 1 aromatic carbocycles. The second-order valence-corrected chi connectivity index (χ2v) is 4.42. The van der Waals surface area contributed by atoms with Crippen molar-refractivity contribution in [2.75, 3.05) is 0 Å². The number of ether oxygens (including phenoxy) is 2. The van der Waals surface area contributed by atoms with Crippen molar-refractivity contribution in [1.82, 2.24) is 4.98 Å². The molecule has 1 aliphatic rings. The van der Waals surface area contributed by atoms with Crippen LogP contribution in [0.3, 0.4) is 0 Å². The van der Waals surface area contributed by atoms with E-state index in [2.05, 4.69) is 4.98 Å². The number of para-hydroxylation sites is 1. The van der Waals surface area contributed by atoms with E-state index >= 15 is 0 Å². The number of carbonyl (C=O) groups is 1. The first kappa shape index (κ1) is 11.7. The Hall–Kier alpha value is -2.36. The second kappa shape index (κ2) is 4.72. The highest BCUT2D eigenvalue weighted by Gasteiger charge is 2.27. The highest BCUT2D eigenvalue weighted by Crippen LogP contribution is 2.28. The molecule has 0 radical (unpaired) electrons. The SMILES string of the molecule is Cc1ccc(OC2CC(=O)c3ccccc3O2)cn1. The van der Waals surface area contributed by atoms with E-state index in [1.165, 1.54) is 0 Å². The van der Waals surface area contributed by atoms with Crippen LogP contribution >= 0.6 is 0 Å². The Kier molecular flexibility index (Phi) is 2.91. The van der Waals surface area contributed by atoms with Gasteiger partial charge in [0.05, 0.1) is 18.2 Å². The van der Waals surface area contributed by atoms with Crippen molar-refractivity contribution in [3.63, 3.8) is 0 Å². The summed E-state index contributed by atoms with van der Waals surface area (Å²) in [4.78, 5) is 16.1. The summed E-state index contributed by atoms with van der Waals surface area (Å²) in [5.41, 5.74) is 1.53. The lowest BCUT2D eigenvalue weighted by atomic mass is 10.0. The summed E-state index contributed by atoms with van der Waals surface area (Å²) in [5, 5.41) is 0. The average Bonchev–Trinajstić information content (AvgIpc) is 2.42. The number of carbonyl (C=O) groups excluding carboxylic acids is 1. The van der Waals surface area contributed by atoms with E-state index < -0.39 is 6.29 Å². The third kappa shape index (κ3) is 2.42.